The fourth-order valence-electron chi connectivity index (χ4n) is 1.50. The van der Waals surface area contributed by atoms with Gasteiger partial charge >= 0.3 is 12.4 Å². The highest BCUT2D eigenvalue weighted by atomic mass is 19.4. The number of amidine groups is 1. The van der Waals surface area contributed by atoms with Crippen molar-refractivity contribution in [3.05, 3.63) is 34.9 Å². The molecule has 1 aromatic rings. The van der Waals surface area contributed by atoms with E-state index >= 15 is 0 Å². The number of nitrogens with one attached hydrogen (secondary N) is 1. The molecule has 0 spiro atoms. The largest absolute Gasteiger partial charge is 0.416 e. The van der Waals surface area contributed by atoms with Gasteiger partial charge in [-0.1, -0.05) is 0 Å². The molecule has 0 saturated heterocycles. The molecule has 4 nitrogen and oxygen atoms in total. The molecule has 0 aromatic heterocycles. The molecule has 0 aliphatic rings. The highest BCUT2D eigenvalue weighted by Crippen LogP contribution is 2.37. The van der Waals surface area contributed by atoms with Crippen molar-refractivity contribution in [2.45, 2.75) is 18.5 Å². The summed E-state index contributed by atoms with van der Waals surface area (Å²) in [7, 11) is 1.30. The average Bonchev–Trinajstić information content (AvgIpc) is 2.35. The van der Waals surface area contributed by atoms with Crippen LogP contribution >= 0.6 is 0 Å². The Hall–Kier alpha value is -1.97. The molecule has 21 heavy (non-hydrogen) atoms. The van der Waals surface area contributed by atoms with Crippen LogP contribution in [0.1, 0.15) is 22.8 Å². The number of hydrogen-bond acceptors (Lipinski definition) is 3. The second-order valence-corrected chi connectivity index (χ2v) is 4.00. The van der Waals surface area contributed by atoms with Crippen LogP contribution in [0.3, 0.4) is 0 Å². The van der Waals surface area contributed by atoms with Crippen molar-refractivity contribution < 1.29 is 31.4 Å². The van der Waals surface area contributed by atoms with Gasteiger partial charge in [-0.05, 0) is 23.8 Å². The smallest absolute Gasteiger partial charge is 0.383 e. The summed E-state index contributed by atoms with van der Waals surface area (Å²) < 4.78 is 75.8. The van der Waals surface area contributed by atoms with E-state index in [1.807, 2.05) is 0 Å². The molecule has 0 heterocycles. The number of nitrogens with two attached hydrogens (primary N) is 1. The van der Waals surface area contributed by atoms with Gasteiger partial charge in [0.15, 0.2) is 5.84 Å². The number of hydrogen-bond donors (Lipinski definition) is 3. The Bertz CT molecular complexity index is 505. The lowest BCUT2D eigenvalue weighted by Crippen LogP contribution is -2.25. The fourth-order valence-corrected chi connectivity index (χ4v) is 1.50. The Morgan fingerprint density at radius 1 is 1.10 bits per heavy atom. The third kappa shape index (κ3) is 4.25. The maximum atomic E-state index is 12.6. The molecule has 0 radical (unpaired) electrons. The molecule has 0 amide bonds. The van der Waals surface area contributed by atoms with Crippen molar-refractivity contribution in [1.82, 2.24) is 5.43 Å². The van der Waals surface area contributed by atoms with Gasteiger partial charge in [0, 0.05) is 7.05 Å². The van der Waals surface area contributed by atoms with Gasteiger partial charge in [-0.15, -0.1) is 0 Å². The number of benzene rings is 1. The van der Waals surface area contributed by atoms with E-state index in [-0.39, 0.29) is 6.07 Å². The summed E-state index contributed by atoms with van der Waals surface area (Å²) in [5.41, 5.74) is 3.68. The van der Waals surface area contributed by atoms with E-state index in [4.69, 9.17) is 5.73 Å². The highest BCUT2D eigenvalue weighted by Gasteiger charge is 2.37. The maximum Gasteiger partial charge on any atom is 0.416 e. The number of halogens is 6. The first-order chi connectivity index (χ1) is 9.46. The zero-order valence-electron chi connectivity index (χ0n) is 10.5. The van der Waals surface area contributed by atoms with Crippen LogP contribution in [0.5, 0.6) is 0 Å². The number of rotatable bonds is 3. The monoisotopic (exact) mass is 315 g/mol. The van der Waals surface area contributed by atoms with Gasteiger partial charge in [0.05, 0.1) is 11.1 Å². The first-order valence-electron chi connectivity index (χ1n) is 5.44. The Morgan fingerprint density at radius 2 is 1.52 bits per heavy atom. The summed E-state index contributed by atoms with van der Waals surface area (Å²) in [4.78, 5) is 0. The molecule has 0 saturated carbocycles. The van der Waals surface area contributed by atoms with E-state index in [1.54, 1.807) is 0 Å². The summed E-state index contributed by atoms with van der Waals surface area (Å²) in [5.74, 6) is -0.565. The Morgan fingerprint density at radius 3 is 1.86 bits per heavy atom. The zero-order chi connectivity index (χ0) is 16.4. The van der Waals surface area contributed by atoms with Crippen molar-refractivity contribution in [2.75, 3.05) is 7.05 Å². The fraction of sp³-hybridized carbons (Fsp3) is 0.364. The molecule has 1 aromatic carbocycles. The number of aliphatic hydroxyl groups is 1. The van der Waals surface area contributed by atoms with Crippen LogP contribution in [0.2, 0.25) is 0 Å². The van der Waals surface area contributed by atoms with Crippen LogP contribution in [0.4, 0.5) is 26.3 Å². The molecule has 4 N–H and O–H groups in total. The summed E-state index contributed by atoms with van der Waals surface area (Å²) in [6, 6.07) is 0.734. The predicted molar refractivity (Wildman–Crippen MR) is 62.1 cm³/mol. The second-order valence-electron chi connectivity index (χ2n) is 4.00. The van der Waals surface area contributed by atoms with Crippen LogP contribution in [0.15, 0.2) is 23.3 Å². The van der Waals surface area contributed by atoms with E-state index < -0.39 is 41.0 Å². The molecule has 0 aliphatic heterocycles. The van der Waals surface area contributed by atoms with Gasteiger partial charge in [-0.2, -0.15) is 31.4 Å². The molecule has 1 atom stereocenters. The number of alkyl halides is 6. The highest BCUT2D eigenvalue weighted by molar-refractivity contribution is 5.85. The lowest BCUT2D eigenvalue weighted by Gasteiger charge is -2.17. The van der Waals surface area contributed by atoms with Gasteiger partial charge < -0.3 is 16.3 Å². The zero-order valence-corrected chi connectivity index (χ0v) is 10.5. The Balaban J connectivity index is 3.42. The Labute approximate surface area is 115 Å². The first kappa shape index (κ1) is 17.1. The molecule has 10 heteroatoms. The third-order valence-corrected chi connectivity index (χ3v) is 2.45. The second kappa shape index (κ2) is 5.80. The number of hydrazone groups is 1. The minimum atomic E-state index is -5.00. The molecular formula is C11H11F6N3O. The molecule has 0 aliphatic carbocycles. The molecule has 1 unspecified atom stereocenters. The molecular weight excluding hydrogens is 304 g/mol. The van der Waals surface area contributed by atoms with Crippen molar-refractivity contribution in [3.63, 3.8) is 0 Å². The van der Waals surface area contributed by atoms with Crippen LogP contribution in [0.25, 0.3) is 0 Å². The normalized spacial score (nSPS) is 15.0. The standard InChI is InChI=1S/C11H11F6N3O/c1-19-20-9(18)8(21)5-2-6(10(12,13)14)4-7(3-5)11(15,16)17/h2-4,8,19,21H,1H3,(H2,18,20). The van der Waals surface area contributed by atoms with E-state index in [0.29, 0.717) is 12.1 Å². The average molecular weight is 315 g/mol. The van der Waals surface area contributed by atoms with Crippen molar-refractivity contribution in [2.24, 2.45) is 10.8 Å². The van der Waals surface area contributed by atoms with E-state index in [0.717, 1.165) is 0 Å². The SMILES string of the molecule is CN/N=C(\N)C(O)c1cc(C(F)(F)F)cc(C(F)(F)F)c1. The van der Waals surface area contributed by atoms with Crippen LogP contribution in [0, 0.1) is 0 Å². The summed E-state index contributed by atoms with van der Waals surface area (Å²) in [6.07, 6.45) is -11.9. The number of nitrogens with zero attached hydrogens (tertiary/aromatic N) is 1. The third-order valence-electron chi connectivity index (χ3n) is 2.45. The van der Waals surface area contributed by atoms with Gasteiger partial charge in [0.25, 0.3) is 0 Å². The Kier molecular flexibility index (Phi) is 4.72. The van der Waals surface area contributed by atoms with Gasteiger partial charge in [-0.3, -0.25) is 0 Å². The predicted octanol–water partition coefficient (Wildman–Crippen LogP) is 2.25. The van der Waals surface area contributed by atoms with E-state index in [9.17, 15) is 31.4 Å². The minimum Gasteiger partial charge on any atom is -0.383 e. The van der Waals surface area contributed by atoms with Gasteiger partial charge in [0.1, 0.15) is 6.10 Å². The van der Waals surface area contributed by atoms with E-state index in [1.165, 1.54) is 7.05 Å². The molecule has 0 fully saturated rings. The van der Waals surface area contributed by atoms with Crippen molar-refractivity contribution in [3.8, 4) is 0 Å². The quantitative estimate of drug-likeness (QED) is 0.347. The summed E-state index contributed by atoms with van der Waals surface area (Å²) in [5, 5.41) is 13.0. The number of aliphatic hydroxyl groups excluding tert-OH is 1. The van der Waals surface area contributed by atoms with Crippen molar-refractivity contribution >= 4 is 5.84 Å². The van der Waals surface area contributed by atoms with Gasteiger partial charge in [0.2, 0.25) is 0 Å². The van der Waals surface area contributed by atoms with Crippen LogP contribution in [-0.2, 0) is 12.4 Å². The lowest BCUT2D eigenvalue weighted by atomic mass is 10.0. The molecule has 118 valence electrons. The summed E-state index contributed by atoms with van der Waals surface area (Å²) >= 11 is 0. The van der Waals surface area contributed by atoms with Crippen LogP contribution in [-0.4, -0.2) is 18.0 Å². The van der Waals surface area contributed by atoms with Gasteiger partial charge in [-0.25, -0.2) is 0 Å². The maximum absolute atomic E-state index is 12.6. The molecule has 1 rings (SSSR count). The minimum absolute atomic E-state index is 0.0401. The van der Waals surface area contributed by atoms with E-state index in [2.05, 4.69) is 10.5 Å². The lowest BCUT2D eigenvalue weighted by molar-refractivity contribution is -0.143. The topological polar surface area (TPSA) is 70.6 Å². The van der Waals surface area contributed by atoms with Crippen LogP contribution < -0.4 is 11.2 Å². The summed E-state index contributed by atoms with van der Waals surface area (Å²) in [6.45, 7) is 0. The molecule has 0 bridgehead atoms. The first-order valence-corrected chi connectivity index (χ1v) is 5.44. The van der Waals surface area contributed by atoms with Crippen molar-refractivity contribution in [1.29, 1.82) is 0 Å².